The number of rotatable bonds is 5. The van der Waals surface area contributed by atoms with Gasteiger partial charge in [0.2, 0.25) is 0 Å². The minimum atomic E-state index is -0.141. The van der Waals surface area contributed by atoms with E-state index in [0.717, 1.165) is 29.0 Å². The molecule has 0 bridgehead atoms. The van der Waals surface area contributed by atoms with Crippen LogP contribution in [0.25, 0.3) is 0 Å². The standard InChI is InChI=1S/C19H22N2O2S/c1-2-23-16-10-7-6-9-15(16)13-20-21-19(22)18-12-14-8-4-3-5-11-17(14)24-18/h6-7,9-10,12-13H,2-5,8,11H2,1H3,(H,21,22)/b20-13-. The number of hydrogen-bond acceptors (Lipinski definition) is 4. The Morgan fingerprint density at radius 1 is 1.29 bits per heavy atom. The maximum Gasteiger partial charge on any atom is 0.281 e. The van der Waals surface area contributed by atoms with Gasteiger partial charge in [0.05, 0.1) is 17.7 Å². The molecule has 5 heteroatoms. The molecule has 1 amide bonds. The van der Waals surface area contributed by atoms with Crippen molar-refractivity contribution in [2.75, 3.05) is 6.61 Å². The molecular weight excluding hydrogens is 320 g/mol. The molecule has 0 atom stereocenters. The summed E-state index contributed by atoms with van der Waals surface area (Å²) in [6, 6.07) is 9.67. The van der Waals surface area contributed by atoms with Gasteiger partial charge in [0, 0.05) is 10.4 Å². The number of aryl methyl sites for hydroxylation is 2. The lowest BCUT2D eigenvalue weighted by molar-refractivity contribution is 0.0959. The molecule has 1 aromatic heterocycles. The van der Waals surface area contributed by atoms with Crippen molar-refractivity contribution in [1.29, 1.82) is 0 Å². The van der Waals surface area contributed by atoms with Gasteiger partial charge in [0.25, 0.3) is 5.91 Å². The molecule has 0 radical (unpaired) electrons. The highest BCUT2D eigenvalue weighted by Crippen LogP contribution is 2.28. The number of nitrogens with one attached hydrogen (secondary N) is 1. The highest BCUT2D eigenvalue weighted by atomic mass is 32.1. The summed E-state index contributed by atoms with van der Waals surface area (Å²) in [6.07, 6.45) is 7.54. The fraction of sp³-hybridized carbons (Fsp3) is 0.368. The summed E-state index contributed by atoms with van der Waals surface area (Å²) in [4.78, 5) is 14.4. The summed E-state index contributed by atoms with van der Waals surface area (Å²) in [7, 11) is 0. The van der Waals surface area contributed by atoms with Gasteiger partial charge in [-0.15, -0.1) is 11.3 Å². The number of fused-ring (bicyclic) bond motifs is 1. The van der Waals surface area contributed by atoms with Crippen molar-refractivity contribution in [3.8, 4) is 5.75 Å². The number of carbonyl (C=O) groups is 1. The fourth-order valence-corrected chi connectivity index (χ4v) is 4.01. The van der Waals surface area contributed by atoms with E-state index >= 15 is 0 Å². The lowest BCUT2D eigenvalue weighted by Gasteiger charge is -2.05. The van der Waals surface area contributed by atoms with Gasteiger partial charge in [-0.25, -0.2) is 5.43 Å². The second-order valence-corrected chi connectivity index (χ2v) is 6.93. The first-order valence-corrected chi connectivity index (χ1v) is 9.26. The summed E-state index contributed by atoms with van der Waals surface area (Å²) in [5.41, 5.74) is 4.82. The topological polar surface area (TPSA) is 50.7 Å². The largest absolute Gasteiger partial charge is 0.493 e. The lowest BCUT2D eigenvalue weighted by Crippen LogP contribution is -2.16. The summed E-state index contributed by atoms with van der Waals surface area (Å²) >= 11 is 1.60. The molecule has 0 unspecified atom stereocenters. The number of para-hydroxylation sites is 1. The number of hydrogen-bond donors (Lipinski definition) is 1. The lowest BCUT2D eigenvalue weighted by atomic mass is 10.1. The second kappa shape index (κ2) is 8.11. The first-order chi connectivity index (χ1) is 11.8. The number of benzene rings is 1. The third-order valence-corrected chi connectivity index (χ3v) is 5.29. The van der Waals surface area contributed by atoms with Gasteiger partial charge < -0.3 is 4.74 Å². The van der Waals surface area contributed by atoms with Crippen molar-refractivity contribution in [3.63, 3.8) is 0 Å². The average Bonchev–Trinajstić information content (AvgIpc) is 2.87. The number of amides is 1. The molecule has 0 saturated carbocycles. The third-order valence-electron chi connectivity index (χ3n) is 4.06. The molecule has 1 heterocycles. The van der Waals surface area contributed by atoms with Crippen LogP contribution in [0.5, 0.6) is 5.75 Å². The van der Waals surface area contributed by atoms with E-state index in [4.69, 9.17) is 4.74 Å². The number of carbonyl (C=O) groups excluding carboxylic acids is 1. The Hall–Kier alpha value is -2.14. The van der Waals surface area contributed by atoms with Crippen LogP contribution in [0.1, 0.15) is 51.9 Å². The van der Waals surface area contributed by atoms with Crippen LogP contribution in [-0.4, -0.2) is 18.7 Å². The number of hydrazone groups is 1. The first-order valence-electron chi connectivity index (χ1n) is 8.44. The van der Waals surface area contributed by atoms with E-state index in [-0.39, 0.29) is 5.91 Å². The second-order valence-electron chi connectivity index (χ2n) is 5.79. The molecule has 3 rings (SSSR count). The van der Waals surface area contributed by atoms with Crippen molar-refractivity contribution in [3.05, 3.63) is 51.2 Å². The van der Waals surface area contributed by atoms with Gasteiger partial charge in [0.1, 0.15) is 5.75 Å². The van der Waals surface area contributed by atoms with Gasteiger partial charge in [-0.3, -0.25) is 4.79 Å². The molecule has 1 aromatic carbocycles. The van der Waals surface area contributed by atoms with E-state index in [1.54, 1.807) is 17.6 Å². The van der Waals surface area contributed by atoms with Crippen molar-refractivity contribution in [2.24, 2.45) is 5.10 Å². The van der Waals surface area contributed by atoms with Crippen LogP contribution < -0.4 is 10.2 Å². The maximum absolute atomic E-state index is 12.3. The smallest absolute Gasteiger partial charge is 0.281 e. The Kier molecular flexibility index (Phi) is 5.64. The zero-order valence-corrected chi connectivity index (χ0v) is 14.7. The summed E-state index contributed by atoms with van der Waals surface area (Å²) in [5.74, 6) is 0.624. The van der Waals surface area contributed by atoms with Gasteiger partial charge in [-0.1, -0.05) is 18.6 Å². The van der Waals surface area contributed by atoms with E-state index in [1.807, 2.05) is 37.3 Å². The quantitative estimate of drug-likeness (QED) is 0.503. The van der Waals surface area contributed by atoms with Gasteiger partial charge in [0.15, 0.2) is 0 Å². The van der Waals surface area contributed by atoms with Crippen LogP contribution in [0.3, 0.4) is 0 Å². The molecule has 1 aliphatic carbocycles. The monoisotopic (exact) mass is 342 g/mol. The number of ether oxygens (including phenoxy) is 1. The number of thiophene rings is 1. The molecule has 1 N–H and O–H groups in total. The predicted molar refractivity (Wildman–Crippen MR) is 98.2 cm³/mol. The molecule has 0 spiro atoms. The van der Waals surface area contributed by atoms with Crippen LogP contribution in [0.2, 0.25) is 0 Å². The molecule has 24 heavy (non-hydrogen) atoms. The van der Waals surface area contributed by atoms with E-state index < -0.39 is 0 Å². The van der Waals surface area contributed by atoms with Crippen LogP contribution in [0, 0.1) is 0 Å². The normalized spacial score (nSPS) is 14.2. The Labute approximate surface area is 146 Å². The molecule has 0 saturated heterocycles. The summed E-state index contributed by atoms with van der Waals surface area (Å²) in [5, 5.41) is 4.09. The van der Waals surface area contributed by atoms with E-state index in [1.165, 1.54) is 29.7 Å². The Bertz CT molecular complexity index is 713. The van der Waals surface area contributed by atoms with E-state index in [2.05, 4.69) is 10.5 Å². The maximum atomic E-state index is 12.3. The Morgan fingerprint density at radius 3 is 3.00 bits per heavy atom. The molecule has 126 valence electrons. The average molecular weight is 342 g/mol. The molecule has 0 aliphatic heterocycles. The van der Waals surface area contributed by atoms with E-state index in [0.29, 0.717) is 6.61 Å². The van der Waals surface area contributed by atoms with Crippen LogP contribution in [-0.2, 0) is 12.8 Å². The number of nitrogens with zero attached hydrogens (tertiary/aromatic N) is 1. The highest BCUT2D eigenvalue weighted by Gasteiger charge is 2.16. The van der Waals surface area contributed by atoms with Gasteiger partial charge in [-0.05, 0) is 56.4 Å². The SMILES string of the molecule is CCOc1ccccc1/C=N\NC(=O)c1cc2c(s1)CCCCC2. The van der Waals surface area contributed by atoms with Crippen molar-refractivity contribution in [2.45, 2.75) is 39.0 Å². The third kappa shape index (κ3) is 4.03. The molecule has 2 aromatic rings. The molecule has 0 fully saturated rings. The zero-order valence-electron chi connectivity index (χ0n) is 13.9. The van der Waals surface area contributed by atoms with Crippen LogP contribution in [0.15, 0.2) is 35.4 Å². The van der Waals surface area contributed by atoms with Crippen molar-refractivity contribution >= 4 is 23.5 Å². The summed E-state index contributed by atoms with van der Waals surface area (Å²) in [6.45, 7) is 2.54. The minimum absolute atomic E-state index is 0.141. The summed E-state index contributed by atoms with van der Waals surface area (Å²) < 4.78 is 5.54. The highest BCUT2D eigenvalue weighted by molar-refractivity contribution is 7.14. The molecular formula is C19H22N2O2S. The fourth-order valence-electron chi connectivity index (χ4n) is 2.87. The van der Waals surface area contributed by atoms with Crippen LogP contribution >= 0.6 is 11.3 Å². The Balaban J connectivity index is 1.65. The van der Waals surface area contributed by atoms with Crippen molar-refractivity contribution in [1.82, 2.24) is 5.43 Å². The van der Waals surface area contributed by atoms with Crippen LogP contribution in [0.4, 0.5) is 0 Å². The van der Waals surface area contributed by atoms with Crippen molar-refractivity contribution < 1.29 is 9.53 Å². The molecule has 1 aliphatic rings. The van der Waals surface area contributed by atoms with E-state index in [9.17, 15) is 4.79 Å². The van der Waals surface area contributed by atoms with Gasteiger partial charge in [-0.2, -0.15) is 5.10 Å². The predicted octanol–water partition coefficient (Wildman–Crippen LogP) is 4.18. The molecule has 4 nitrogen and oxygen atoms in total. The Morgan fingerprint density at radius 2 is 2.12 bits per heavy atom. The minimum Gasteiger partial charge on any atom is -0.493 e. The van der Waals surface area contributed by atoms with Gasteiger partial charge >= 0.3 is 0 Å². The first kappa shape index (κ1) is 16.7. The zero-order chi connectivity index (χ0) is 16.8.